The molecule has 2 unspecified atom stereocenters. The molecule has 2 heterocycles. The summed E-state index contributed by atoms with van der Waals surface area (Å²) in [6, 6.07) is 0. The number of halogens is 1. The number of piperidine rings is 1. The zero-order valence-electron chi connectivity index (χ0n) is 10.3. The van der Waals surface area contributed by atoms with Gasteiger partial charge in [0.25, 0.3) is 0 Å². The van der Waals surface area contributed by atoms with Crippen LogP contribution in [0.3, 0.4) is 0 Å². The molecule has 1 fully saturated rings. The standard InChI is InChI=1S/C12H18BrN3O/c1-9-3-4-16(8-11(9)17-2)12-14-6-10(5-13)7-15-12/h6-7,9,11H,3-5,8H2,1-2H3. The second-order valence-corrected chi connectivity index (χ2v) is 5.07. The quantitative estimate of drug-likeness (QED) is 0.802. The van der Waals surface area contributed by atoms with Crippen LogP contribution < -0.4 is 4.90 Å². The molecular weight excluding hydrogens is 282 g/mol. The highest BCUT2D eigenvalue weighted by molar-refractivity contribution is 9.08. The Balaban J connectivity index is 2.06. The van der Waals surface area contributed by atoms with Gasteiger partial charge < -0.3 is 9.64 Å². The minimum absolute atomic E-state index is 0.281. The van der Waals surface area contributed by atoms with Crippen LogP contribution in [0.15, 0.2) is 12.4 Å². The number of ether oxygens (including phenoxy) is 1. The van der Waals surface area contributed by atoms with E-state index in [2.05, 4.69) is 37.7 Å². The number of hydrogen-bond donors (Lipinski definition) is 0. The Kier molecular flexibility index (Phi) is 4.34. The summed E-state index contributed by atoms with van der Waals surface area (Å²) in [6.45, 7) is 4.13. The van der Waals surface area contributed by atoms with Gasteiger partial charge in [0.15, 0.2) is 0 Å². The van der Waals surface area contributed by atoms with E-state index in [9.17, 15) is 0 Å². The number of hydrogen-bond acceptors (Lipinski definition) is 4. The molecule has 2 rings (SSSR count). The van der Waals surface area contributed by atoms with Crippen molar-refractivity contribution < 1.29 is 4.74 Å². The van der Waals surface area contributed by atoms with E-state index in [0.717, 1.165) is 36.4 Å². The first kappa shape index (κ1) is 12.8. The van der Waals surface area contributed by atoms with Gasteiger partial charge in [0.2, 0.25) is 5.95 Å². The Hall–Kier alpha value is -0.680. The van der Waals surface area contributed by atoms with Crippen LogP contribution in [0.5, 0.6) is 0 Å². The molecule has 4 nitrogen and oxygen atoms in total. The number of methoxy groups -OCH3 is 1. The predicted molar refractivity (Wildman–Crippen MR) is 71.5 cm³/mol. The molecule has 0 aliphatic carbocycles. The van der Waals surface area contributed by atoms with E-state index in [4.69, 9.17) is 4.74 Å². The minimum atomic E-state index is 0.281. The molecule has 94 valence electrons. The largest absolute Gasteiger partial charge is 0.379 e. The number of aromatic nitrogens is 2. The Labute approximate surface area is 111 Å². The fourth-order valence-electron chi connectivity index (χ4n) is 2.10. The number of alkyl halides is 1. The second kappa shape index (κ2) is 5.78. The van der Waals surface area contributed by atoms with E-state index in [1.54, 1.807) is 7.11 Å². The summed E-state index contributed by atoms with van der Waals surface area (Å²) in [6.07, 6.45) is 5.15. The first-order valence-electron chi connectivity index (χ1n) is 5.89. The molecule has 5 heteroatoms. The maximum Gasteiger partial charge on any atom is 0.225 e. The van der Waals surface area contributed by atoms with Crippen molar-refractivity contribution in [2.75, 3.05) is 25.1 Å². The average Bonchev–Trinajstić information content (AvgIpc) is 2.39. The fraction of sp³-hybridized carbons (Fsp3) is 0.667. The predicted octanol–water partition coefficient (Wildman–Crippen LogP) is 2.23. The van der Waals surface area contributed by atoms with Gasteiger partial charge in [0.05, 0.1) is 6.10 Å². The smallest absolute Gasteiger partial charge is 0.225 e. The lowest BCUT2D eigenvalue weighted by Crippen LogP contribution is -2.44. The Morgan fingerprint density at radius 1 is 1.47 bits per heavy atom. The van der Waals surface area contributed by atoms with Gasteiger partial charge in [0.1, 0.15) is 0 Å². The Bertz CT molecular complexity index is 357. The van der Waals surface area contributed by atoms with Crippen molar-refractivity contribution >= 4 is 21.9 Å². The lowest BCUT2D eigenvalue weighted by atomic mass is 9.96. The molecule has 1 aromatic heterocycles. The third kappa shape index (κ3) is 2.96. The molecule has 0 radical (unpaired) electrons. The third-order valence-electron chi connectivity index (χ3n) is 3.32. The molecule has 0 N–H and O–H groups in total. The molecule has 1 aliphatic heterocycles. The van der Waals surface area contributed by atoms with Gasteiger partial charge in [-0.3, -0.25) is 0 Å². The monoisotopic (exact) mass is 299 g/mol. The average molecular weight is 300 g/mol. The van der Waals surface area contributed by atoms with Crippen LogP contribution in [0, 0.1) is 5.92 Å². The van der Waals surface area contributed by atoms with Gasteiger partial charge in [-0.05, 0) is 17.9 Å². The number of anilines is 1. The van der Waals surface area contributed by atoms with E-state index < -0.39 is 0 Å². The normalized spacial score (nSPS) is 25.0. The summed E-state index contributed by atoms with van der Waals surface area (Å²) in [7, 11) is 1.78. The van der Waals surface area contributed by atoms with Crippen LogP contribution in [-0.2, 0) is 10.1 Å². The van der Waals surface area contributed by atoms with Crippen molar-refractivity contribution in [1.29, 1.82) is 0 Å². The second-order valence-electron chi connectivity index (χ2n) is 4.51. The van der Waals surface area contributed by atoms with E-state index in [1.165, 1.54) is 0 Å². The maximum atomic E-state index is 5.50. The number of nitrogens with zero attached hydrogens (tertiary/aromatic N) is 3. The van der Waals surface area contributed by atoms with Crippen molar-refractivity contribution in [2.24, 2.45) is 5.92 Å². The molecular formula is C12H18BrN3O. The minimum Gasteiger partial charge on any atom is -0.379 e. The van der Waals surface area contributed by atoms with Gasteiger partial charge in [-0.2, -0.15) is 0 Å². The SMILES string of the molecule is COC1CN(c2ncc(CBr)cn2)CCC1C. The Morgan fingerprint density at radius 2 is 2.18 bits per heavy atom. The highest BCUT2D eigenvalue weighted by atomic mass is 79.9. The maximum absolute atomic E-state index is 5.50. The lowest BCUT2D eigenvalue weighted by Gasteiger charge is -2.36. The summed E-state index contributed by atoms with van der Waals surface area (Å²) in [5.41, 5.74) is 1.10. The first-order chi connectivity index (χ1) is 8.24. The van der Waals surface area contributed by atoms with Crippen LogP contribution in [0.4, 0.5) is 5.95 Å². The van der Waals surface area contributed by atoms with Crippen LogP contribution in [0.2, 0.25) is 0 Å². The van der Waals surface area contributed by atoms with Crippen LogP contribution in [-0.4, -0.2) is 36.3 Å². The van der Waals surface area contributed by atoms with Crippen LogP contribution >= 0.6 is 15.9 Å². The topological polar surface area (TPSA) is 38.2 Å². The van der Waals surface area contributed by atoms with Gasteiger partial charge in [0, 0.05) is 37.9 Å². The van der Waals surface area contributed by atoms with E-state index >= 15 is 0 Å². The van der Waals surface area contributed by atoms with Crippen molar-refractivity contribution in [3.63, 3.8) is 0 Å². The van der Waals surface area contributed by atoms with Crippen molar-refractivity contribution in [3.05, 3.63) is 18.0 Å². The molecule has 0 amide bonds. The first-order valence-corrected chi connectivity index (χ1v) is 7.01. The summed E-state index contributed by atoms with van der Waals surface area (Å²) in [5.74, 6) is 1.42. The summed E-state index contributed by atoms with van der Waals surface area (Å²) < 4.78 is 5.50. The fourth-order valence-corrected chi connectivity index (χ4v) is 2.39. The molecule has 1 aromatic rings. The zero-order valence-corrected chi connectivity index (χ0v) is 11.9. The van der Waals surface area contributed by atoms with Crippen LogP contribution in [0.25, 0.3) is 0 Å². The van der Waals surface area contributed by atoms with Crippen molar-refractivity contribution in [1.82, 2.24) is 9.97 Å². The molecule has 2 atom stereocenters. The van der Waals surface area contributed by atoms with E-state index in [-0.39, 0.29) is 6.10 Å². The van der Waals surface area contributed by atoms with Crippen LogP contribution in [0.1, 0.15) is 18.9 Å². The molecule has 0 saturated carbocycles. The summed E-state index contributed by atoms with van der Waals surface area (Å²) in [5, 5.41) is 0.797. The number of rotatable bonds is 3. The van der Waals surface area contributed by atoms with E-state index in [1.807, 2.05) is 12.4 Å². The molecule has 1 saturated heterocycles. The molecule has 17 heavy (non-hydrogen) atoms. The molecule has 1 aliphatic rings. The van der Waals surface area contributed by atoms with Crippen molar-refractivity contribution in [3.8, 4) is 0 Å². The van der Waals surface area contributed by atoms with Gasteiger partial charge in [-0.25, -0.2) is 9.97 Å². The molecule has 0 spiro atoms. The van der Waals surface area contributed by atoms with Gasteiger partial charge in [-0.15, -0.1) is 0 Å². The highest BCUT2D eigenvalue weighted by Gasteiger charge is 2.27. The van der Waals surface area contributed by atoms with Gasteiger partial charge >= 0.3 is 0 Å². The highest BCUT2D eigenvalue weighted by Crippen LogP contribution is 2.22. The third-order valence-corrected chi connectivity index (χ3v) is 3.97. The van der Waals surface area contributed by atoms with E-state index in [0.29, 0.717) is 5.92 Å². The van der Waals surface area contributed by atoms with Gasteiger partial charge in [-0.1, -0.05) is 22.9 Å². The summed E-state index contributed by atoms with van der Waals surface area (Å²) in [4.78, 5) is 11.0. The Morgan fingerprint density at radius 3 is 2.76 bits per heavy atom. The zero-order chi connectivity index (χ0) is 12.3. The molecule has 0 bridgehead atoms. The lowest BCUT2D eigenvalue weighted by molar-refractivity contribution is 0.0494. The van der Waals surface area contributed by atoms with Crippen molar-refractivity contribution in [2.45, 2.75) is 24.8 Å². The summed E-state index contributed by atoms with van der Waals surface area (Å²) >= 11 is 3.39. The molecule has 0 aromatic carbocycles.